The molecule has 0 saturated heterocycles. The maximum atomic E-state index is 3.88. The number of hydrogen-bond acceptors (Lipinski definition) is 2. The highest BCUT2D eigenvalue weighted by Gasteiger charge is 2.22. The molecule has 0 spiro atoms. The first-order valence-corrected chi connectivity index (χ1v) is 5.74. The third-order valence-electron chi connectivity index (χ3n) is 3.31. The molecule has 14 heavy (non-hydrogen) atoms. The maximum Gasteiger partial charge on any atom is 0.119 e. The van der Waals surface area contributed by atoms with Crippen molar-refractivity contribution >= 4 is 0 Å². The quantitative estimate of drug-likeness (QED) is 0.739. The molecule has 0 N–H and O–H groups in total. The summed E-state index contributed by atoms with van der Waals surface area (Å²) in [7, 11) is 0. The van der Waals surface area contributed by atoms with E-state index >= 15 is 0 Å². The molecule has 2 atom stereocenters. The average molecular weight is 193 g/mol. The predicted octanol–water partition coefficient (Wildman–Crippen LogP) is 2.81. The highest BCUT2D eigenvalue weighted by Crippen LogP contribution is 2.34. The van der Waals surface area contributed by atoms with Crippen LogP contribution in [0.4, 0.5) is 0 Å². The zero-order valence-electron chi connectivity index (χ0n) is 8.89. The molecule has 1 aromatic rings. The molecule has 2 rings (SSSR count). The van der Waals surface area contributed by atoms with Crippen molar-refractivity contribution in [3.05, 3.63) is 12.7 Å². The first kappa shape index (κ1) is 9.69. The summed E-state index contributed by atoms with van der Waals surface area (Å²) in [5, 5.41) is 7.76. The predicted molar refractivity (Wildman–Crippen MR) is 55.9 cm³/mol. The van der Waals surface area contributed by atoms with Crippen LogP contribution in [0.5, 0.6) is 0 Å². The Hall–Kier alpha value is -0.860. The Balaban J connectivity index is 1.94. The van der Waals surface area contributed by atoms with Crippen molar-refractivity contribution in [2.24, 2.45) is 5.92 Å². The number of nitrogens with zero attached hydrogens (tertiary/aromatic N) is 3. The van der Waals surface area contributed by atoms with E-state index in [1.807, 2.05) is 12.7 Å². The van der Waals surface area contributed by atoms with Crippen LogP contribution in [0, 0.1) is 5.92 Å². The van der Waals surface area contributed by atoms with Gasteiger partial charge in [0.1, 0.15) is 12.7 Å². The number of hydrogen-bond donors (Lipinski definition) is 0. The summed E-state index contributed by atoms with van der Waals surface area (Å²) < 4.78 is 2.18. The van der Waals surface area contributed by atoms with E-state index in [0.717, 1.165) is 5.92 Å². The van der Waals surface area contributed by atoms with E-state index in [0.29, 0.717) is 6.04 Å². The van der Waals surface area contributed by atoms with Gasteiger partial charge in [-0.05, 0) is 18.8 Å². The minimum absolute atomic E-state index is 0.662. The molecular weight excluding hydrogens is 174 g/mol. The van der Waals surface area contributed by atoms with Crippen molar-refractivity contribution in [1.82, 2.24) is 14.8 Å². The fourth-order valence-electron chi connectivity index (χ4n) is 2.60. The molecule has 0 radical (unpaired) electrons. The van der Waals surface area contributed by atoms with Crippen LogP contribution in [-0.4, -0.2) is 14.8 Å². The molecule has 1 fully saturated rings. The Bertz CT molecular complexity index is 254. The topological polar surface area (TPSA) is 30.7 Å². The van der Waals surface area contributed by atoms with E-state index < -0.39 is 0 Å². The Labute approximate surface area is 85.5 Å². The van der Waals surface area contributed by atoms with Crippen LogP contribution in [0.3, 0.4) is 0 Å². The molecule has 0 bridgehead atoms. The lowest BCUT2D eigenvalue weighted by Gasteiger charge is -2.29. The molecule has 1 aromatic heterocycles. The normalized spacial score (nSPS) is 27.8. The lowest BCUT2D eigenvalue weighted by atomic mass is 9.83. The van der Waals surface area contributed by atoms with Crippen molar-refractivity contribution in [1.29, 1.82) is 0 Å². The van der Waals surface area contributed by atoms with Crippen LogP contribution in [0.2, 0.25) is 0 Å². The van der Waals surface area contributed by atoms with Crippen molar-refractivity contribution in [2.75, 3.05) is 0 Å². The second-order valence-electron chi connectivity index (χ2n) is 4.38. The van der Waals surface area contributed by atoms with Gasteiger partial charge in [0.15, 0.2) is 0 Å². The summed E-state index contributed by atoms with van der Waals surface area (Å²) in [6, 6.07) is 0.662. The van der Waals surface area contributed by atoms with Gasteiger partial charge in [-0.3, -0.25) is 0 Å². The summed E-state index contributed by atoms with van der Waals surface area (Å²) in [4.78, 5) is 0. The lowest BCUT2D eigenvalue weighted by Crippen LogP contribution is -2.18. The van der Waals surface area contributed by atoms with Crippen molar-refractivity contribution in [3.63, 3.8) is 0 Å². The van der Waals surface area contributed by atoms with Gasteiger partial charge in [-0.15, -0.1) is 10.2 Å². The van der Waals surface area contributed by atoms with Gasteiger partial charge in [0, 0.05) is 6.04 Å². The van der Waals surface area contributed by atoms with Gasteiger partial charge in [-0.1, -0.05) is 32.6 Å². The summed E-state index contributed by atoms with van der Waals surface area (Å²) in [5.41, 5.74) is 0. The average Bonchev–Trinajstić information content (AvgIpc) is 2.71. The van der Waals surface area contributed by atoms with Gasteiger partial charge in [0.2, 0.25) is 0 Å². The molecule has 78 valence electrons. The lowest BCUT2D eigenvalue weighted by molar-refractivity contribution is 0.254. The fourth-order valence-corrected chi connectivity index (χ4v) is 2.60. The molecule has 0 aromatic carbocycles. The molecule has 3 nitrogen and oxygen atoms in total. The monoisotopic (exact) mass is 193 g/mol. The Kier molecular flexibility index (Phi) is 3.17. The SMILES string of the molecule is CCCC1CCCC(n2cnnc2)C1. The van der Waals surface area contributed by atoms with Crippen LogP contribution in [0.1, 0.15) is 51.5 Å². The first-order chi connectivity index (χ1) is 6.90. The van der Waals surface area contributed by atoms with E-state index in [1.165, 1.54) is 38.5 Å². The first-order valence-electron chi connectivity index (χ1n) is 5.74. The minimum atomic E-state index is 0.662. The van der Waals surface area contributed by atoms with Gasteiger partial charge in [0.05, 0.1) is 0 Å². The standard InChI is InChI=1S/C11H19N3/c1-2-4-10-5-3-6-11(7-10)14-8-12-13-9-14/h8-11H,2-7H2,1H3. The molecule has 0 amide bonds. The molecule has 1 saturated carbocycles. The summed E-state index contributed by atoms with van der Waals surface area (Å²) >= 11 is 0. The minimum Gasteiger partial charge on any atom is -0.317 e. The summed E-state index contributed by atoms with van der Waals surface area (Å²) in [5.74, 6) is 0.932. The smallest absolute Gasteiger partial charge is 0.119 e. The molecule has 3 heteroatoms. The number of rotatable bonds is 3. The highest BCUT2D eigenvalue weighted by atomic mass is 15.2. The summed E-state index contributed by atoms with van der Waals surface area (Å²) in [6.07, 6.45) is 11.8. The second-order valence-corrected chi connectivity index (χ2v) is 4.38. The van der Waals surface area contributed by atoms with Gasteiger partial charge >= 0.3 is 0 Å². The van der Waals surface area contributed by atoms with E-state index in [1.54, 1.807) is 0 Å². The van der Waals surface area contributed by atoms with Crippen molar-refractivity contribution in [2.45, 2.75) is 51.5 Å². The van der Waals surface area contributed by atoms with E-state index in [-0.39, 0.29) is 0 Å². The fraction of sp³-hybridized carbons (Fsp3) is 0.818. The third kappa shape index (κ3) is 2.14. The van der Waals surface area contributed by atoms with Gasteiger partial charge in [-0.25, -0.2) is 0 Å². The molecule has 0 aliphatic heterocycles. The van der Waals surface area contributed by atoms with Crippen LogP contribution >= 0.6 is 0 Å². The Morgan fingerprint density at radius 2 is 2.07 bits per heavy atom. The zero-order chi connectivity index (χ0) is 9.80. The molecule has 1 aliphatic carbocycles. The number of aromatic nitrogens is 3. The Morgan fingerprint density at radius 3 is 2.79 bits per heavy atom. The molecule has 1 aliphatic rings. The van der Waals surface area contributed by atoms with Crippen LogP contribution in [0.25, 0.3) is 0 Å². The largest absolute Gasteiger partial charge is 0.317 e. The van der Waals surface area contributed by atoms with Crippen LogP contribution < -0.4 is 0 Å². The summed E-state index contributed by atoms with van der Waals surface area (Å²) in [6.45, 7) is 2.28. The Morgan fingerprint density at radius 1 is 1.29 bits per heavy atom. The van der Waals surface area contributed by atoms with Gasteiger partial charge < -0.3 is 4.57 Å². The molecular formula is C11H19N3. The van der Waals surface area contributed by atoms with Crippen molar-refractivity contribution in [3.8, 4) is 0 Å². The van der Waals surface area contributed by atoms with E-state index in [4.69, 9.17) is 0 Å². The third-order valence-corrected chi connectivity index (χ3v) is 3.31. The van der Waals surface area contributed by atoms with Crippen LogP contribution in [0.15, 0.2) is 12.7 Å². The second kappa shape index (κ2) is 4.58. The highest BCUT2D eigenvalue weighted by molar-refractivity contribution is 4.79. The van der Waals surface area contributed by atoms with Crippen LogP contribution in [-0.2, 0) is 0 Å². The molecule has 1 heterocycles. The van der Waals surface area contributed by atoms with E-state index in [2.05, 4.69) is 21.7 Å². The van der Waals surface area contributed by atoms with E-state index in [9.17, 15) is 0 Å². The van der Waals surface area contributed by atoms with Crippen molar-refractivity contribution < 1.29 is 0 Å². The van der Waals surface area contributed by atoms with Gasteiger partial charge in [-0.2, -0.15) is 0 Å². The van der Waals surface area contributed by atoms with Gasteiger partial charge in [0.25, 0.3) is 0 Å². The maximum absolute atomic E-state index is 3.88. The zero-order valence-corrected chi connectivity index (χ0v) is 8.89. The molecule has 2 unspecified atom stereocenters.